The fourth-order valence-electron chi connectivity index (χ4n) is 2.86. The van der Waals surface area contributed by atoms with E-state index in [4.69, 9.17) is 15.8 Å². The SMILES string of the molecule is CC1(C)C(=N)N(c2ccc([14C]#N)c(C(F)(F)F)c2)C(=O)N1CCCCO. The first-order valence-corrected chi connectivity index (χ1v) is 7.98. The molecule has 1 aliphatic heterocycles. The van der Waals surface area contributed by atoms with Crippen molar-refractivity contribution < 1.29 is 23.1 Å². The number of carbonyl (C=O) groups is 1. The van der Waals surface area contributed by atoms with Crippen molar-refractivity contribution in [1.82, 2.24) is 4.90 Å². The van der Waals surface area contributed by atoms with E-state index in [0.29, 0.717) is 12.8 Å². The normalized spacial score (nSPS) is 17.0. The third kappa shape index (κ3) is 3.37. The molecule has 2 N–H and O–H groups in total. The van der Waals surface area contributed by atoms with Gasteiger partial charge >= 0.3 is 12.2 Å². The van der Waals surface area contributed by atoms with Gasteiger partial charge in [0, 0.05) is 13.2 Å². The van der Waals surface area contributed by atoms with Gasteiger partial charge in [0.15, 0.2) is 0 Å². The van der Waals surface area contributed by atoms with Crippen LogP contribution in [0.1, 0.15) is 37.8 Å². The Bertz CT molecular complexity index is 768. The highest BCUT2D eigenvalue weighted by Gasteiger charge is 2.49. The number of alkyl halides is 3. The molecule has 0 bridgehead atoms. The monoisotopic (exact) mass is 370 g/mol. The number of amidine groups is 1. The van der Waals surface area contributed by atoms with E-state index in [-0.39, 0.29) is 24.7 Å². The maximum atomic E-state index is 13.2. The number of anilines is 1. The molecule has 0 unspecified atom stereocenters. The maximum Gasteiger partial charge on any atom is 0.417 e. The van der Waals surface area contributed by atoms with E-state index in [0.717, 1.165) is 17.0 Å². The summed E-state index contributed by atoms with van der Waals surface area (Å²) in [5.74, 6) is -0.149. The van der Waals surface area contributed by atoms with E-state index in [1.165, 1.54) is 17.0 Å². The minimum Gasteiger partial charge on any atom is -0.396 e. The first-order chi connectivity index (χ1) is 12.1. The number of nitrogens with zero attached hydrogens (tertiary/aromatic N) is 3. The zero-order chi connectivity index (χ0) is 19.7. The zero-order valence-electron chi connectivity index (χ0n) is 14.4. The molecule has 1 saturated heterocycles. The van der Waals surface area contributed by atoms with Gasteiger partial charge in [0.2, 0.25) is 0 Å². The van der Waals surface area contributed by atoms with Crippen LogP contribution in [0.3, 0.4) is 0 Å². The standard InChI is InChI=1S/C17H19F3N4O2/c1-16(2)14(22)24(15(26)23(16)7-3-4-8-25)12-6-5-11(10-21)13(9-12)17(18,19)20/h5-6,9,22,25H,3-4,7-8H2,1-2H3/i10+2. The number of hydrogen-bond donors (Lipinski definition) is 2. The number of aliphatic hydroxyl groups excluding tert-OH is 1. The molecule has 26 heavy (non-hydrogen) atoms. The minimum atomic E-state index is -4.75. The van der Waals surface area contributed by atoms with Crippen molar-refractivity contribution in [3.05, 3.63) is 29.3 Å². The fourth-order valence-corrected chi connectivity index (χ4v) is 2.86. The van der Waals surface area contributed by atoms with Crippen molar-refractivity contribution in [3.63, 3.8) is 0 Å². The topological polar surface area (TPSA) is 91.4 Å². The van der Waals surface area contributed by atoms with Crippen LogP contribution in [-0.2, 0) is 6.18 Å². The predicted octanol–water partition coefficient (Wildman–Crippen LogP) is 3.35. The summed E-state index contributed by atoms with van der Waals surface area (Å²) in [4.78, 5) is 15.1. The van der Waals surface area contributed by atoms with Crippen LogP contribution in [0.2, 0.25) is 0 Å². The third-order valence-electron chi connectivity index (χ3n) is 4.38. The van der Waals surface area contributed by atoms with Gasteiger partial charge in [0.25, 0.3) is 0 Å². The van der Waals surface area contributed by atoms with Gasteiger partial charge in [-0.1, -0.05) is 0 Å². The number of nitriles is 1. The van der Waals surface area contributed by atoms with Crippen molar-refractivity contribution in [1.29, 1.82) is 10.7 Å². The van der Waals surface area contributed by atoms with Crippen molar-refractivity contribution in [3.8, 4) is 6.07 Å². The quantitative estimate of drug-likeness (QED) is 0.779. The lowest BCUT2D eigenvalue weighted by Gasteiger charge is -2.29. The van der Waals surface area contributed by atoms with E-state index in [1.54, 1.807) is 13.8 Å². The molecular weight excluding hydrogens is 351 g/mol. The first kappa shape index (κ1) is 19.7. The average Bonchev–Trinajstić information content (AvgIpc) is 2.73. The summed E-state index contributed by atoms with van der Waals surface area (Å²) in [6.07, 6.45) is -3.77. The van der Waals surface area contributed by atoms with Gasteiger partial charge in [-0.3, -0.25) is 5.41 Å². The number of aliphatic hydroxyl groups is 1. The highest BCUT2D eigenvalue weighted by atomic mass is 19.4. The van der Waals surface area contributed by atoms with Crippen LogP contribution in [0.15, 0.2) is 18.2 Å². The molecule has 9 heteroatoms. The van der Waals surface area contributed by atoms with Crippen molar-refractivity contribution in [2.45, 2.75) is 38.4 Å². The van der Waals surface area contributed by atoms with E-state index < -0.39 is 28.9 Å². The summed E-state index contributed by atoms with van der Waals surface area (Å²) in [5, 5.41) is 26.1. The number of hydrogen-bond acceptors (Lipinski definition) is 4. The van der Waals surface area contributed by atoms with Crippen molar-refractivity contribution >= 4 is 17.6 Å². The van der Waals surface area contributed by atoms with Crippen molar-refractivity contribution in [2.24, 2.45) is 0 Å². The Morgan fingerprint density at radius 1 is 1.31 bits per heavy atom. The predicted molar refractivity (Wildman–Crippen MR) is 88.9 cm³/mol. The van der Waals surface area contributed by atoms with Crippen LogP contribution < -0.4 is 4.90 Å². The molecule has 1 aliphatic rings. The van der Waals surface area contributed by atoms with Crippen LogP contribution in [-0.4, -0.2) is 40.6 Å². The number of unbranched alkanes of at least 4 members (excludes halogenated alkanes) is 1. The summed E-state index contributed by atoms with van der Waals surface area (Å²) in [5.41, 5.74) is -2.80. The second kappa shape index (κ2) is 6.96. The fraction of sp³-hybridized carbons (Fsp3) is 0.471. The Morgan fingerprint density at radius 2 is 1.96 bits per heavy atom. The lowest BCUT2D eigenvalue weighted by Crippen LogP contribution is -2.44. The molecule has 0 aromatic heterocycles. The minimum absolute atomic E-state index is 0.0335. The van der Waals surface area contributed by atoms with Gasteiger partial charge in [0.05, 0.1) is 28.4 Å². The molecule has 1 heterocycles. The van der Waals surface area contributed by atoms with E-state index in [9.17, 15) is 18.0 Å². The van der Waals surface area contributed by atoms with Gasteiger partial charge in [0.1, 0.15) is 5.84 Å². The lowest BCUT2D eigenvalue weighted by molar-refractivity contribution is -0.137. The number of urea groups is 1. The molecule has 0 aliphatic carbocycles. The Morgan fingerprint density at radius 3 is 2.50 bits per heavy atom. The molecule has 0 radical (unpaired) electrons. The molecule has 6 nitrogen and oxygen atoms in total. The molecule has 1 aromatic carbocycles. The molecule has 0 atom stereocenters. The van der Waals surface area contributed by atoms with Crippen LogP contribution in [0.4, 0.5) is 23.7 Å². The second-order valence-electron chi connectivity index (χ2n) is 6.45. The Kier molecular flexibility index (Phi) is 5.28. The average molecular weight is 370 g/mol. The van der Waals surface area contributed by atoms with Gasteiger partial charge < -0.3 is 10.0 Å². The highest BCUT2D eigenvalue weighted by Crippen LogP contribution is 2.37. The molecule has 1 fully saturated rings. The molecular formula is C17H19F3N4O2. The summed E-state index contributed by atoms with van der Waals surface area (Å²) in [7, 11) is 0. The van der Waals surface area contributed by atoms with Gasteiger partial charge in [-0.2, -0.15) is 18.4 Å². The number of benzene rings is 1. The summed E-state index contributed by atoms with van der Waals surface area (Å²) in [6, 6.07) is 3.84. The molecule has 140 valence electrons. The smallest absolute Gasteiger partial charge is 0.396 e. The Hall–Kier alpha value is -2.60. The summed E-state index contributed by atoms with van der Waals surface area (Å²) < 4.78 is 39.6. The second-order valence-corrected chi connectivity index (χ2v) is 6.45. The number of carbonyl (C=O) groups excluding carboxylic acids is 1. The van der Waals surface area contributed by atoms with Gasteiger partial charge in [-0.15, -0.1) is 0 Å². The zero-order valence-corrected chi connectivity index (χ0v) is 14.4. The molecule has 0 saturated carbocycles. The first-order valence-electron chi connectivity index (χ1n) is 7.98. The molecule has 0 spiro atoms. The van der Waals surface area contributed by atoms with Crippen molar-refractivity contribution in [2.75, 3.05) is 18.1 Å². The summed E-state index contributed by atoms with van der Waals surface area (Å²) >= 11 is 0. The maximum absolute atomic E-state index is 13.2. The molecule has 1 aromatic rings. The Labute approximate surface area is 148 Å². The van der Waals surface area contributed by atoms with Gasteiger partial charge in [-0.05, 0) is 44.9 Å². The number of halogens is 3. The Balaban J connectivity index is 2.44. The largest absolute Gasteiger partial charge is 0.417 e. The van der Waals surface area contributed by atoms with Crippen LogP contribution in [0, 0.1) is 16.7 Å². The van der Waals surface area contributed by atoms with E-state index in [1.807, 2.05) is 0 Å². The molecule has 2 amide bonds. The lowest BCUT2D eigenvalue weighted by atomic mass is 10.0. The van der Waals surface area contributed by atoms with E-state index in [2.05, 4.69) is 0 Å². The highest BCUT2D eigenvalue weighted by molar-refractivity contribution is 6.24. The van der Waals surface area contributed by atoms with Crippen LogP contribution in [0.5, 0.6) is 0 Å². The van der Waals surface area contributed by atoms with E-state index >= 15 is 0 Å². The third-order valence-corrected chi connectivity index (χ3v) is 4.38. The summed E-state index contributed by atoms with van der Waals surface area (Å²) in [6.45, 7) is 3.52. The van der Waals surface area contributed by atoms with Crippen LogP contribution >= 0.6 is 0 Å². The number of nitrogens with one attached hydrogen (secondary N) is 1. The number of amides is 2. The molecule has 2 rings (SSSR count). The van der Waals surface area contributed by atoms with Gasteiger partial charge in [-0.25, -0.2) is 9.69 Å². The van der Waals surface area contributed by atoms with Crippen LogP contribution in [0.25, 0.3) is 0 Å². The number of rotatable bonds is 5.